The summed E-state index contributed by atoms with van der Waals surface area (Å²) in [5, 5.41) is 16.7. The van der Waals surface area contributed by atoms with Crippen molar-refractivity contribution in [3.63, 3.8) is 0 Å². The van der Waals surface area contributed by atoms with Crippen LogP contribution in [-0.4, -0.2) is 26.1 Å². The minimum atomic E-state index is -3.91. The van der Waals surface area contributed by atoms with Crippen molar-refractivity contribution in [2.45, 2.75) is 4.21 Å². The van der Waals surface area contributed by atoms with Crippen molar-refractivity contribution in [3.05, 3.63) is 17.0 Å². The molecule has 1 aromatic heterocycles. The van der Waals surface area contributed by atoms with Crippen LogP contribution in [-0.2, 0) is 19.7 Å². The van der Waals surface area contributed by atoms with Gasteiger partial charge in [0.25, 0.3) is 10.0 Å². The SMILES string of the molecule is N#Cc1ccc(S(=O)(=O)NOCC(=O)O)s1. The summed E-state index contributed by atoms with van der Waals surface area (Å²) in [6.07, 6.45) is 0. The lowest BCUT2D eigenvalue weighted by atomic mass is 10.5. The van der Waals surface area contributed by atoms with Gasteiger partial charge in [-0.1, -0.05) is 4.89 Å². The van der Waals surface area contributed by atoms with Crippen molar-refractivity contribution in [1.29, 1.82) is 5.26 Å². The number of thiophene rings is 1. The molecule has 1 heterocycles. The van der Waals surface area contributed by atoms with Crippen molar-refractivity contribution < 1.29 is 23.2 Å². The number of hydrogen-bond donors (Lipinski definition) is 2. The Morgan fingerprint density at radius 2 is 2.31 bits per heavy atom. The first kappa shape index (κ1) is 12.6. The summed E-state index contributed by atoms with van der Waals surface area (Å²) in [7, 11) is -3.91. The fourth-order valence-corrected chi connectivity index (χ4v) is 2.62. The molecule has 0 aromatic carbocycles. The maximum atomic E-state index is 11.4. The predicted molar refractivity (Wildman–Crippen MR) is 52.9 cm³/mol. The highest BCUT2D eigenvalue weighted by Gasteiger charge is 2.17. The normalized spacial score (nSPS) is 10.9. The van der Waals surface area contributed by atoms with Crippen molar-refractivity contribution in [2.24, 2.45) is 0 Å². The van der Waals surface area contributed by atoms with Crippen molar-refractivity contribution in [3.8, 4) is 6.07 Å². The molecule has 1 aromatic rings. The average Bonchev–Trinajstić information content (AvgIpc) is 2.65. The fourth-order valence-electron chi connectivity index (χ4n) is 0.735. The molecule has 7 nitrogen and oxygen atoms in total. The van der Waals surface area contributed by atoms with Gasteiger partial charge in [-0.2, -0.15) is 5.26 Å². The second kappa shape index (κ2) is 5.04. The number of aliphatic carboxylic acids is 1. The number of rotatable bonds is 5. The molecule has 1 rings (SSSR count). The van der Waals surface area contributed by atoms with Crippen LogP contribution < -0.4 is 4.89 Å². The molecule has 0 amide bonds. The minimum Gasteiger partial charge on any atom is -0.479 e. The van der Waals surface area contributed by atoms with Gasteiger partial charge in [0.15, 0.2) is 6.61 Å². The van der Waals surface area contributed by atoms with Crippen LogP contribution in [0.3, 0.4) is 0 Å². The van der Waals surface area contributed by atoms with E-state index in [4.69, 9.17) is 10.4 Å². The van der Waals surface area contributed by atoms with E-state index in [1.54, 1.807) is 11.0 Å². The zero-order valence-corrected chi connectivity index (χ0v) is 9.34. The van der Waals surface area contributed by atoms with Gasteiger partial charge in [0.1, 0.15) is 15.2 Å². The molecule has 16 heavy (non-hydrogen) atoms. The molecule has 2 N–H and O–H groups in total. The Labute approximate surface area is 94.9 Å². The number of sulfonamides is 1. The van der Waals surface area contributed by atoms with Crippen LogP contribution in [0.25, 0.3) is 0 Å². The van der Waals surface area contributed by atoms with Gasteiger partial charge in [0, 0.05) is 0 Å². The minimum absolute atomic E-state index is 0.116. The number of carboxylic acids is 1. The van der Waals surface area contributed by atoms with Gasteiger partial charge in [-0.05, 0) is 12.1 Å². The summed E-state index contributed by atoms with van der Waals surface area (Å²) >= 11 is 0.760. The van der Waals surface area contributed by atoms with E-state index in [0.29, 0.717) is 0 Å². The maximum absolute atomic E-state index is 11.4. The van der Waals surface area contributed by atoms with E-state index in [0.717, 1.165) is 11.3 Å². The Hall–Kier alpha value is -1.47. The number of hydrogen-bond acceptors (Lipinski definition) is 6. The highest BCUT2D eigenvalue weighted by Crippen LogP contribution is 2.20. The van der Waals surface area contributed by atoms with E-state index in [2.05, 4.69) is 4.84 Å². The fraction of sp³-hybridized carbons (Fsp3) is 0.143. The molecule has 0 saturated carbocycles. The number of nitriles is 1. The maximum Gasteiger partial charge on any atom is 0.331 e. The standard InChI is InChI=1S/C7H6N2O5S2/c8-3-5-1-2-7(15-5)16(12,13)9-14-4-6(10)11/h1-2,9H,4H2,(H,10,11). The van der Waals surface area contributed by atoms with E-state index in [1.807, 2.05) is 0 Å². The third-order valence-corrected chi connectivity index (χ3v) is 4.02. The molecule has 0 fully saturated rings. The van der Waals surface area contributed by atoms with E-state index >= 15 is 0 Å². The van der Waals surface area contributed by atoms with Crippen molar-refractivity contribution in [1.82, 2.24) is 4.89 Å². The van der Waals surface area contributed by atoms with Gasteiger partial charge < -0.3 is 5.11 Å². The Bertz CT molecular complexity index is 527. The molecule has 0 spiro atoms. The summed E-state index contributed by atoms with van der Waals surface area (Å²) in [4.78, 5) is 16.2. The van der Waals surface area contributed by atoms with Crippen LogP contribution >= 0.6 is 11.3 Å². The third-order valence-electron chi connectivity index (χ3n) is 1.32. The first-order valence-electron chi connectivity index (χ1n) is 3.81. The largest absolute Gasteiger partial charge is 0.479 e. The van der Waals surface area contributed by atoms with Crippen LogP contribution in [0.15, 0.2) is 16.3 Å². The molecular formula is C7H6N2O5S2. The highest BCUT2D eigenvalue weighted by atomic mass is 32.2. The van der Waals surface area contributed by atoms with E-state index in [1.165, 1.54) is 12.1 Å². The molecule has 0 aliphatic heterocycles. The average molecular weight is 262 g/mol. The molecule has 0 aliphatic carbocycles. The molecular weight excluding hydrogens is 256 g/mol. The Balaban J connectivity index is 2.71. The molecule has 0 aliphatic rings. The Morgan fingerprint density at radius 1 is 1.62 bits per heavy atom. The number of nitrogens with zero attached hydrogens (tertiary/aromatic N) is 1. The Morgan fingerprint density at radius 3 is 2.81 bits per heavy atom. The van der Waals surface area contributed by atoms with Gasteiger partial charge in [-0.15, -0.1) is 11.3 Å². The summed E-state index contributed by atoms with van der Waals surface area (Å²) in [6.45, 7) is -0.782. The van der Waals surface area contributed by atoms with Gasteiger partial charge >= 0.3 is 5.97 Å². The van der Waals surface area contributed by atoms with Crippen LogP contribution in [0.1, 0.15) is 4.88 Å². The van der Waals surface area contributed by atoms with Crippen LogP contribution in [0, 0.1) is 11.3 Å². The zero-order chi connectivity index (χ0) is 12.2. The molecule has 0 bridgehead atoms. The first-order valence-corrected chi connectivity index (χ1v) is 6.11. The number of carbonyl (C=O) groups is 1. The molecule has 0 unspecified atom stereocenters. The van der Waals surface area contributed by atoms with E-state index in [9.17, 15) is 13.2 Å². The molecule has 0 saturated heterocycles. The van der Waals surface area contributed by atoms with Crippen LogP contribution in [0.5, 0.6) is 0 Å². The third kappa shape index (κ3) is 3.28. The monoisotopic (exact) mass is 262 g/mol. The van der Waals surface area contributed by atoms with Crippen LogP contribution in [0.2, 0.25) is 0 Å². The summed E-state index contributed by atoms with van der Waals surface area (Å²) in [6, 6.07) is 4.36. The molecule has 0 atom stereocenters. The van der Waals surface area contributed by atoms with Gasteiger partial charge in [-0.25, -0.2) is 13.2 Å². The molecule has 86 valence electrons. The highest BCUT2D eigenvalue weighted by molar-refractivity contribution is 7.91. The second-order valence-corrected chi connectivity index (χ2v) is 5.46. The lowest BCUT2D eigenvalue weighted by molar-refractivity contribution is -0.143. The molecule has 0 radical (unpaired) electrons. The lowest BCUT2D eigenvalue weighted by Crippen LogP contribution is -2.26. The van der Waals surface area contributed by atoms with E-state index in [-0.39, 0.29) is 9.09 Å². The molecule has 9 heteroatoms. The smallest absolute Gasteiger partial charge is 0.331 e. The summed E-state index contributed by atoms with van der Waals surface area (Å²) in [5.41, 5.74) is 0. The quantitative estimate of drug-likeness (QED) is 0.716. The van der Waals surface area contributed by atoms with Gasteiger partial charge in [-0.3, -0.25) is 4.84 Å². The number of nitrogens with one attached hydrogen (secondary N) is 1. The van der Waals surface area contributed by atoms with E-state index < -0.39 is 22.6 Å². The van der Waals surface area contributed by atoms with Crippen LogP contribution in [0.4, 0.5) is 0 Å². The first-order chi connectivity index (χ1) is 7.45. The van der Waals surface area contributed by atoms with Gasteiger partial charge in [0.05, 0.1) is 0 Å². The van der Waals surface area contributed by atoms with Crippen molar-refractivity contribution in [2.75, 3.05) is 6.61 Å². The topological polar surface area (TPSA) is 116 Å². The number of carboxylic acid groups (broad SMARTS) is 1. The lowest BCUT2D eigenvalue weighted by Gasteiger charge is -2.02. The summed E-state index contributed by atoms with van der Waals surface area (Å²) < 4.78 is 22.7. The zero-order valence-electron chi connectivity index (χ0n) is 7.71. The Kier molecular flexibility index (Phi) is 3.97. The predicted octanol–water partition coefficient (Wildman–Crippen LogP) is -0.0857. The second-order valence-electron chi connectivity index (χ2n) is 2.50. The summed E-state index contributed by atoms with van der Waals surface area (Å²) in [5.74, 6) is -1.30. The van der Waals surface area contributed by atoms with Gasteiger partial charge in [0.2, 0.25) is 0 Å². The van der Waals surface area contributed by atoms with Crippen molar-refractivity contribution >= 4 is 27.3 Å².